The fourth-order valence-electron chi connectivity index (χ4n) is 2.15. The molecule has 0 spiro atoms. The van der Waals surface area contributed by atoms with Crippen LogP contribution in [0, 0.1) is 6.92 Å². The van der Waals surface area contributed by atoms with Crippen molar-refractivity contribution in [2.45, 2.75) is 38.1 Å². The molecule has 0 aliphatic carbocycles. The fourth-order valence-corrected chi connectivity index (χ4v) is 3.71. The van der Waals surface area contributed by atoms with Crippen molar-refractivity contribution >= 4 is 15.7 Å². The lowest BCUT2D eigenvalue weighted by Crippen LogP contribution is -2.27. The Morgan fingerprint density at radius 1 is 1.29 bits per heavy atom. The topological polar surface area (TPSA) is 85.3 Å². The molecule has 21 heavy (non-hydrogen) atoms. The smallest absolute Gasteiger partial charge is 0.241 e. The number of anilines is 1. The van der Waals surface area contributed by atoms with Crippen molar-refractivity contribution < 1.29 is 12.8 Å². The van der Waals surface area contributed by atoms with Crippen molar-refractivity contribution in [2.75, 3.05) is 5.73 Å². The van der Waals surface area contributed by atoms with E-state index < -0.39 is 16.1 Å². The first-order valence-electron chi connectivity index (χ1n) is 6.80. The average Bonchev–Trinajstić information content (AvgIpc) is 2.85. The summed E-state index contributed by atoms with van der Waals surface area (Å²) in [6.45, 7) is 5.47. The summed E-state index contributed by atoms with van der Waals surface area (Å²) in [5.41, 5.74) is 6.87. The molecule has 0 amide bonds. The van der Waals surface area contributed by atoms with Gasteiger partial charge in [-0.25, -0.2) is 13.1 Å². The van der Waals surface area contributed by atoms with Crippen LogP contribution >= 0.6 is 0 Å². The molecule has 1 unspecified atom stereocenters. The molecule has 1 aromatic carbocycles. The Labute approximate surface area is 125 Å². The zero-order valence-corrected chi connectivity index (χ0v) is 13.2. The zero-order chi connectivity index (χ0) is 15.6. The van der Waals surface area contributed by atoms with Gasteiger partial charge >= 0.3 is 0 Å². The van der Waals surface area contributed by atoms with Crippen molar-refractivity contribution in [3.05, 3.63) is 47.4 Å². The molecule has 6 heteroatoms. The summed E-state index contributed by atoms with van der Waals surface area (Å²) in [6.07, 6.45) is 0.616. The molecular formula is C15H20N2O3S. The van der Waals surface area contributed by atoms with Crippen LogP contribution in [0.1, 0.15) is 37.0 Å². The molecule has 0 saturated heterocycles. The summed E-state index contributed by atoms with van der Waals surface area (Å²) in [4.78, 5) is 0.222. The molecule has 0 aliphatic rings. The van der Waals surface area contributed by atoms with Gasteiger partial charge in [0.2, 0.25) is 10.0 Å². The van der Waals surface area contributed by atoms with Crippen LogP contribution in [-0.2, 0) is 16.4 Å². The molecule has 1 aromatic heterocycles. The van der Waals surface area contributed by atoms with Crippen LogP contribution in [0.4, 0.5) is 5.69 Å². The standard InChI is InChI=1S/C15H20N2O3S/c1-4-12-6-7-13(16)9-15(12)21(18,19)17-11(3)14-8-5-10(2)20-14/h5-9,11,17H,4,16H2,1-3H3. The minimum atomic E-state index is -3.65. The lowest BCUT2D eigenvalue weighted by Gasteiger charge is -2.15. The molecule has 2 aromatic rings. The summed E-state index contributed by atoms with van der Waals surface area (Å²) in [7, 11) is -3.65. The second-order valence-electron chi connectivity index (χ2n) is 5.01. The Bertz CT molecular complexity index is 735. The number of nitrogen functional groups attached to an aromatic ring is 1. The minimum absolute atomic E-state index is 0.222. The third kappa shape index (κ3) is 3.46. The molecule has 3 N–H and O–H groups in total. The summed E-state index contributed by atoms with van der Waals surface area (Å²) in [6, 6.07) is 8.06. The van der Waals surface area contributed by atoms with Gasteiger partial charge in [0.05, 0.1) is 10.9 Å². The summed E-state index contributed by atoms with van der Waals surface area (Å²) >= 11 is 0. The van der Waals surface area contributed by atoms with Crippen LogP contribution < -0.4 is 10.5 Å². The maximum atomic E-state index is 12.5. The Morgan fingerprint density at radius 3 is 2.57 bits per heavy atom. The van der Waals surface area contributed by atoms with Crippen LogP contribution in [0.3, 0.4) is 0 Å². The van der Waals surface area contributed by atoms with Crippen molar-refractivity contribution in [2.24, 2.45) is 0 Å². The first-order chi connectivity index (χ1) is 9.83. The van der Waals surface area contributed by atoms with Gasteiger partial charge in [0.15, 0.2) is 0 Å². The Morgan fingerprint density at radius 2 is 2.00 bits per heavy atom. The monoisotopic (exact) mass is 308 g/mol. The van der Waals surface area contributed by atoms with Crippen molar-refractivity contribution in [1.82, 2.24) is 4.72 Å². The highest BCUT2D eigenvalue weighted by molar-refractivity contribution is 7.89. The molecule has 1 heterocycles. The molecule has 0 radical (unpaired) electrons. The molecular weight excluding hydrogens is 288 g/mol. The van der Waals surface area contributed by atoms with Gasteiger partial charge in [-0.05, 0) is 50.1 Å². The van der Waals surface area contributed by atoms with Crippen LogP contribution in [0.15, 0.2) is 39.6 Å². The van der Waals surface area contributed by atoms with Gasteiger partial charge in [0.1, 0.15) is 11.5 Å². The zero-order valence-electron chi connectivity index (χ0n) is 12.4. The van der Waals surface area contributed by atoms with Crippen LogP contribution in [-0.4, -0.2) is 8.42 Å². The summed E-state index contributed by atoms with van der Waals surface area (Å²) < 4.78 is 33.2. The molecule has 0 saturated carbocycles. The number of hydrogen-bond acceptors (Lipinski definition) is 4. The highest BCUT2D eigenvalue weighted by Crippen LogP contribution is 2.23. The summed E-state index contributed by atoms with van der Waals surface area (Å²) in [5, 5.41) is 0. The lowest BCUT2D eigenvalue weighted by molar-refractivity contribution is 0.441. The predicted molar refractivity (Wildman–Crippen MR) is 82.4 cm³/mol. The van der Waals surface area contributed by atoms with E-state index in [0.717, 1.165) is 11.3 Å². The van der Waals surface area contributed by atoms with E-state index >= 15 is 0 Å². The molecule has 1 atom stereocenters. The number of hydrogen-bond donors (Lipinski definition) is 2. The van der Waals surface area contributed by atoms with E-state index in [1.54, 1.807) is 31.2 Å². The molecule has 0 bridgehead atoms. The number of benzene rings is 1. The van der Waals surface area contributed by atoms with Crippen LogP contribution in [0.25, 0.3) is 0 Å². The quantitative estimate of drug-likeness (QED) is 0.832. The molecule has 5 nitrogen and oxygen atoms in total. The number of aryl methyl sites for hydroxylation is 2. The second kappa shape index (κ2) is 5.91. The van der Waals surface area contributed by atoms with Crippen molar-refractivity contribution in [3.8, 4) is 0 Å². The van der Waals surface area contributed by atoms with Gasteiger partial charge in [-0.2, -0.15) is 0 Å². The number of furan rings is 1. The number of nitrogens with two attached hydrogens (primary N) is 1. The molecule has 0 aliphatic heterocycles. The Balaban J connectivity index is 2.32. The van der Waals surface area contributed by atoms with Gasteiger partial charge in [-0.15, -0.1) is 0 Å². The van der Waals surface area contributed by atoms with Crippen molar-refractivity contribution in [3.63, 3.8) is 0 Å². The van der Waals surface area contributed by atoms with E-state index in [9.17, 15) is 8.42 Å². The highest BCUT2D eigenvalue weighted by atomic mass is 32.2. The van der Waals surface area contributed by atoms with Crippen LogP contribution in [0.5, 0.6) is 0 Å². The van der Waals surface area contributed by atoms with Gasteiger partial charge in [-0.3, -0.25) is 0 Å². The first-order valence-corrected chi connectivity index (χ1v) is 8.29. The number of rotatable bonds is 5. The van der Waals surface area contributed by atoms with E-state index in [1.165, 1.54) is 6.07 Å². The maximum absolute atomic E-state index is 12.5. The van der Waals surface area contributed by atoms with E-state index in [4.69, 9.17) is 10.2 Å². The van der Waals surface area contributed by atoms with Gasteiger partial charge in [0.25, 0.3) is 0 Å². The molecule has 2 rings (SSSR count). The van der Waals surface area contributed by atoms with E-state index in [-0.39, 0.29) is 4.90 Å². The minimum Gasteiger partial charge on any atom is -0.465 e. The van der Waals surface area contributed by atoms with Crippen molar-refractivity contribution in [1.29, 1.82) is 0 Å². The van der Waals surface area contributed by atoms with Gasteiger partial charge < -0.3 is 10.2 Å². The maximum Gasteiger partial charge on any atom is 0.241 e. The number of nitrogens with one attached hydrogen (secondary N) is 1. The fraction of sp³-hybridized carbons (Fsp3) is 0.333. The third-order valence-corrected chi connectivity index (χ3v) is 4.90. The molecule has 114 valence electrons. The van der Waals surface area contributed by atoms with E-state index in [2.05, 4.69) is 4.72 Å². The van der Waals surface area contributed by atoms with Gasteiger partial charge in [-0.1, -0.05) is 13.0 Å². The molecule has 0 fully saturated rings. The second-order valence-corrected chi connectivity index (χ2v) is 6.69. The van der Waals surface area contributed by atoms with E-state index in [1.807, 2.05) is 13.8 Å². The Kier molecular flexibility index (Phi) is 4.39. The highest BCUT2D eigenvalue weighted by Gasteiger charge is 2.22. The Hall–Kier alpha value is -1.79. The first kappa shape index (κ1) is 15.6. The SMILES string of the molecule is CCc1ccc(N)cc1S(=O)(=O)NC(C)c1ccc(C)o1. The van der Waals surface area contributed by atoms with E-state index in [0.29, 0.717) is 17.9 Å². The summed E-state index contributed by atoms with van der Waals surface area (Å²) in [5.74, 6) is 1.33. The van der Waals surface area contributed by atoms with Gasteiger partial charge in [0, 0.05) is 5.69 Å². The number of sulfonamides is 1. The predicted octanol–water partition coefficient (Wildman–Crippen LogP) is 2.77. The lowest BCUT2D eigenvalue weighted by atomic mass is 10.1. The van der Waals surface area contributed by atoms with Crippen LogP contribution in [0.2, 0.25) is 0 Å². The largest absolute Gasteiger partial charge is 0.465 e. The average molecular weight is 308 g/mol. The normalized spacial score (nSPS) is 13.3. The third-order valence-electron chi connectivity index (χ3n) is 3.28.